The number of aliphatic hydroxyl groups is 9. The summed E-state index contributed by atoms with van der Waals surface area (Å²) >= 11 is 0. The van der Waals surface area contributed by atoms with Gasteiger partial charge in [0, 0.05) is 0 Å². The van der Waals surface area contributed by atoms with Crippen LogP contribution < -0.4 is 0 Å². The summed E-state index contributed by atoms with van der Waals surface area (Å²) < 4.78 is 32.2. The van der Waals surface area contributed by atoms with E-state index in [-0.39, 0.29) is 52.1 Å². The molecule has 7 fully saturated rings. The number of hydrogen-bond acceptors (Lipinski definition) is 14. The third-order valence-electron chi connectivity index (χ3n) is 17.5. The maximum Gasteiger partial charge on any atom is 0.186 e. The number of fused-ring (bicyclic) bond motifs is 5. The van der Waals surface area contributed by atoms with E-state index in [1.165, 1.54) is 0 Å². The maximum absolute atomic E-state index is 11.3. The van der Waals surface area contributed by atoms with Crippen molar-refractivity contribution >= 4 is 0 Å². The van der Waals surface area contributed by atoms with Gasteiger partial charge in [0.15, 0.2) is 12.6 Å². The van der Waals surface area contributed by atoms with Crippen LogP contribution >= 0.6 is 0 Å². The molecule has 0 aromatic carbocycles. The zero-order valence-electron chi connectivity index (χ0n) is 34.7. The number of ether oxygens (including phenoxy) is 5. The van der Waals surface area contributed by atoms with E-state index in [4.69, 9.17) is 23.7 Å². The van der Waals surface area contributed by atoms with Crippen molar-refractivity contribution in [2.75, 3.05) is 13.2 Å². The Hall–Kier alpha value is -0.560. The Morgan fingerprint density at radius 1 is 0.625 bits per heavy atom. The molecule has 56 heavy (non-hydrogen) atoms. The van der Waals surface area contributed by atoms with E-state index in [0.717, 1.165) is 44.9 Å². The molecule has 0 bridgehead atoms. The van der Waals surface area contributed by atoms with E-state index in [2.05, 4.69) is 41.5 Å². The van der Waals surface area contributed by atoms with Crippen LogP contribution in [0.5, 0.6) is 0 Å². The Bertz CT molecular complexity index is 1410. The third-order valence-corrected chi connectivity index (χ3v) is 17.5. The van der Waals surface area contributed by atoms with Crippen LogP contribution in [0.4, 0.5) is 0 Å². The average molecular weight is 801 g/mol. The van der Waals surface area contributed by atoms with Gasteiger partial charge in [0.1, 0.15) is 48.8 Å². The molecule has 7 aliphatic rings. The summed E-state index contributed by atoms with van der Waals surface area (Å²) in [6.45, 7) is 16.3. The predicted octanol–water partition coefficient (Wildman–Crippen LogP) is 1.36. The normalized spacial score (nSPS) is 56.0. The second kappa shape index (κ2) is 14.8. The van der Waals surface area contributed by atoms with Crippen molar-refractivity contribution in [3.05, 3.63) is 0 Å². The third kappa shape index (κ3) is 6.58. The summed E-state index contributed by atoms with van der Waals surface area (Å²) in [5.41, 5.74) is -2.50. The zero-order chi connectivity index (χ0) is 41.1. The molecule has 0 unspecified atom stereocenters. The molecule has 0 amide bonds. The fourth-order valence-corrected chi connectivity index (χ4v) is 14.1. The fourth-order valence-electron chi connectivity index (χ4n) is 14.1. The van der Waals surface area contributed by atoms with Crippen LogP contribution in [0, 0.1) is 45.3 Å². The van der Waals surface area contributed by atoms with Gasteiger partial charge in [0.05, 0.1) is 42.7 Å². The van der Waals surface area contributed by atoms with Gasteiger partial charge in [-0.05, 0) is 124 Å². The summed E-state index contributed by atoms with van der Waals surface area (Å²) in [6.07, 6.45) is -7.50. The van der Waals surface area contributed by atoms with Crippen LogP contribution in [0.15, 0.2) is 0 Å². The highest BCUT2D eigenvalue weighted by atomic mass is 16.7. The molecule has 3 aliphatic heterocycles. The lowest BCUT2D eigenvalue weighted by atomic mass is 9.35. The highest BCUT2D eigenvalue weighted by molar-refractivity contribution is 5.21. The first-order valence-corrected chi connectivity index (χ1v) is 21.3. The molecule has 324 valence electrons. The summed E-state index contributed by atoms with van der Waals surface area (Å²) in [5, 5.41) is 95.3. The average Bonchev–Trinajstić information content (AvgIpc) is 3.73. The van der Waals surface area contributed by atoms with E-state index in [1.807, 2.05) is 0 Å². The van der Waals surface area contributed by atoms with Crippen molar-refractivity contribution in [3.63, 3.8) is 0 Å². The van der Waals surface area contributed by atoms with Crippen molar-refractivity contribution in [2.24, 2.45) is 45.3 Å². The lowest BCUT2D eigenvalue weighted by molar-refractivity contribution is -0.342. The van der Waals surface area contributed by atoms with Gasteiger partial charge in [-0.15, -0.1) is 0 Å². The molecule has 14 nitrogen and oxygen atoms in total. The van der Waals surface area contributed by atoms with Crippen molar-refractivity contribution in [2.45, 2.75) is 204 Å². The second-order valence-corrected chi connectivity index (χ2v) is 21.1. The summed E-state index contributed by atoms with van der Waals surface area (Å²) in [6, 6.07) is 0. The SMILES string of the molecule is CC(C)(O)[C@H]1CC[C@@](C)([C@H]2CC[C@]3(C)[C@@H]2[C@H](O[C@@H]2O[C@H](CO)[C@@H](O)[C@H](O)[C@H]2O)C[C@@H]2[C@@]4(C)CC[C@@H](O[C@@H]5O[C@H](CO)[C@@H](O)[C@H](O)[C@H]5O)C(C)(C)[C@@H]4CC[C@]23C)O1. The van der Waals surface area contributed by atoms with Crippen LogP contribution in [0.2, 0.25) is 0 Å². The van der Waals surface area contributed by atoms with Crippen LogP contribution in [0.25, 0.3) is 0 Å². The minimum absolute atomic E-state index is 0.0271. The van der Waals surface area contributed by atoms with Gasteiger partial charge in [-0.2, -0.15) is 0 Å². The Kier molecular flexibility index (Phi) is 11.5. The standard InChI is InChI=1S/C42H72O14/c1-37(2)24-10-15-40(6)25(39(24,5)13-11-26(37)55-36-34(50)32(48)30(46)23(19-44)54-36)17-21(52-35-33(49)31(47)29(45)22(18-43)53-35)28-20(9-14-41(28,40)7)42(8)16-12-27(56-42)38(3,4)51/h20-36,43-51H,9-19H2,1-8H3/t20-,21+,22+,23+,24-,25+,26+,27+,28-,29+,30+,31-,32-,33+,34+,35+,36-,39-,40+,41+,42-/m0/s1. The Labute approximate surface area is 331 Å². The lowest BCUT2D eigenvalue weighted by Crippen LogP contribution is -2.68. The molecule has 0 aromatic rings. The summed E-state index contributed by atoms with van der Waals surface area (Å²) in [5.74, 6) is 0.362. The minimum Gasteiger partial charge on any atom is -0.394 e. The molecule has 0 aromatic heterocycles. The first-order valence-electron chi connectivity index (χ1n) is 21.3. The highest BCUT2D eigenvalue weighted by Gasteiger charge is 2.73. The van der Waals surface area contributed by atoms with E-state index in [1.54, 1.807) is 13.8 Å². The lowest BCUT2D eigenvalue weighted by Gasteiger charge is -2.71. The molecule has 3 heterocycles. The van der Waals surface area contributed by atoms with Crippen LogP contribution in [-0.2, 0) is 23.7 Å². The zero-order valence-corrected chi connectivity index (χ0v) is 34.7. The highest BCUT2D eigenvalue weighted by Crippen LogP contribution is 2.76. The molecule has 0 radical (unpaired) electrons. The van der Waals surface area contributed by atoms with Crippen molar-refractivity contribution < 1.29 is 69.6 Å². The van der Waals surface area contributed by atoms with Crippen LogP contribution in [-0.4, -0.2) is 150 Å². The summed E-state index contributed by atoms with van der Waals surface area (Å²) in [4.78, 5) is 0. The van der Waals surface area contributed by atoms with E-state index in [9.17, 15) is 46.0 Å². The van der Waals surface area contributed by atoms with Crippen LogP contribution in [0.1, 0.15) is 113 Å². The summed E-state index contributed by atoms with van der Waals surface area (Å²) in [7, 11) is 0. The number of hydrogen-bond donors (Lipinski definition) is 9. The Morgan fingerprint density at radius 2 is 1.18 bits per heavy atom. The van der Waals surface area contributed by atoms with E-state index >= 15 is 0 Å². The van der Waals surface area contributed by atoms with Gasteiger partial charge in [-0.25, -0.2) is 0 Å². The second-order valence-electron chi connectivity index (χ2n) is 21.1. The molecular weight excluding hydrogens is 728 g/mol. The van der Waals surface area contributed by atoms with Gasteiger partial charge in [-0.1, -0.05) is 34.6 Å². The molecule has 0 spiro atoms. The first-order chi connectivity index (χ1) is 26.0. The molecule has 4 saturated carbocycles. The first kappa shape index (κ1) is 43.5. The van der Waals surface area contributed by atoms with Crippen molar-refractivity contribution in [3.8, 4) is 0 Å². The fraction of sp³-hybridized carbons (Fsp3) is 1.00. The van der Waals surface area contributed by atoms with E-state index in [0.29, 0.717) is 12.8 Å². The maximum atomic E-state index is 11.3. The quantitative estimate of drug-likeness (QED) is 0.158. The molecule has 14 heteroatoms. The topological polar surface area (TPSA) is 228 Å². The molecule has 7 rings (SSSR count). The molecular formula is C42H72O14. The predicted molar refractivity (Wildman–Crippen MR) is 200 cm³/mol. The molecule has 3 saturated heterocycles. The van der Waals surface area contributed by atoms with Gasteiger partial charge >= 0.3 is 0 Å². The molecule has 21 atom stereocenters. The van der Waals surface area contributed by atoms with Gasteiger partial charge < -0.3 is 69.6 Å². The van der Waals surface area contributed by atoms with Gasteiger partial charge in [0.25, 0.3) is 0 Å². The van der Waals surface area contributed by atoms with Gasteiger partial charge in [0.2, 0.25) is 0 Å². The number of rotatable bonds is 8. The van der Waals surface area contributed by atoms with Crippen molar-refractivity contribution in [1.29, 1.82) is 0 Å². The van der Waals surface area contributed by atoms with E-state index < -0.39 is 97.3 Å². The Balaban J connectivity index is 1.22. The molecule has 4 aliphatic carbocycles. The Morgan fingerprint density at radius 3 is 1.71 bits per heavy atom. The number of aliphatic hydroxyl groups excluding tert-OH is 8. The van der Waals surface area contributed by atoms with Crippen LogP contribution in [0.3, 0.4) is 0 Å². The minimum atomic E-state index is -1.56. The monoisotopic (exact) mass is 800 g/mol. The smallest absolute Gasteiger partial charge is 0.186 e. The van der Waals surface area contributed by atoms with Gasteiger partial charge in [-0.3, -0.25) is 0 Å². The van der Waals surface area contributed by atoms with Crippen molar-refractivity contribution in [1.82, 2.24) is 0 Å². The molecule has 9 N–H and O–H groups in total. The largest absolute Gasteiger partial charge is 0.394 e.